The van der Waals surface area contributed by atoms with Crippen molar-refractivity contribution in [3.8, 4) is 0 Å². The van der Waals surface area contributed by atoms with Gasteiger partial charge in [-0.2, -0.15) is 0 Å². The average molecular weight is 303 g/mol. The van der Waals surface area contributed by atoms with Crippen molar-refractivity contribution >= 4 is 27.5 Å². The standard InChI is InChI=1S/C13H17BrClN/c14-11-3-1-2-10(8-11)9-16-13-6-4-12(15)5-7-13/h1-3,8,12-13,16H,4-7,9H2. The van der Waals surface area contributed by atoms with E-state index in [9.17, 15) is 0 Å². The summed E-state index contributed by atoms with van der Waals surface area (Å²) in [6, 6.07) is 9.11. The van der Waals surface area contributed by atoms with Crippen LogP contribution in [-0.2, 0) is 6.54 Å². The fraction of sp³-hybridized carbons (Fsp3) is 0.538. The maximum atomic E-state index is 6.09. The Morgan fingerprint density at radius 3 is 2.69 bits per heavy atom. The summed E-state index contributed by atoms with van der Waals surface area (Å²) in [7, 11) is 0. The summed E-state index contributed by atoms with van der Waals surface area (Å²) in [6.45, 7) is 0.955. The number of alkyl halides is 1. The maximum Gasteiger partial charge on any atom is 0.0337 e. The first-order valence-corrected chi connectivity index (χ1v) is 7.09. The highest BCUT2D eigenvalue weighted by Crippen LogP contribution is 2.23. The van der Waals surface area contributed by atoms with Gasteiger partial charge < -0.3 is 5.32 Å². The van der Waals surface area contributed by atoms with E-state index in [0.717, 1.165) is 23.9 Å². The second-order valence-corrected chi connectivity index (χ2v) is 5.99. The van der Waals surface area contributed by atoms with Crippen molar-refractivity contribution in [1.29, 1.82) is 0 Å². The Bertz CT molecular complexity index is 334. The first-order chi connectivity index (χ1) is 7.74. The van der Waals surface area contributed by atoms with Gasteiger partial charge in [0.2, 0.25) is 0 Å². The van der Waals surface area contributed by atoms with Crippen molar-refractivity contribution in [1.82, 2.24) is 5.32 Å². The third-order valence-corrected chi connectivity index (χ3v) is 4.07. The molecule has 1 nitrogen and oxygen atoms in total. The van der Waals surface area contributed by atoms with Gasteiger partial charge >= 0.3 is 0 Å². The van der Waals surface area contributed by atoms with Crippen molar-refractivity contribution in [3.05, 3.63) is 34.3 Å². The molecule has 1 aliphatic rings. The first-order valence-electron chi connectivity index (χ1n) is 5.86. The minimum absolute atomic E-state index is 0.406. The molecule has 0 heterocycles. The van der Waals surface area contributed by atoms with Crippen LogP contribution in [0, 0.1) is 0 Å². The molecule has 1 aromatic rings. The maximum absolute atomic E-state index is 6.09. The lowest BCUT2D eigenvalue weighted by atomic mass is 9.95. The molecule has 0 aromatic heterocycles. The first kappa shape index (κ1) is 12.4. The predicted molar refractivity (Wildman–Crippen MR) is 72.9 cm³/mol. The second kappa shape index (κ2) is 6.04. The largest absolute Gasteiger partial charge is 0.310 e. The van der Waals surface area contributed by atoms with Gasteiger partial charge in [0.1, 0.15) is 0 Å². The van der Waals surface area contributed by atoms with Gasteiger partial charge in [0.15, 0.2) is 0 Å². The molecule has 1 fully saturated rings. The van der Waals surface area contributed by atoms with E-state index in [4.69, 9.17) is 11.6 Å². The molecule has 1 aromatic carbocycles. The van der Waals surface area contributed by atoms with Crippen LogP contribution in [0.5, 0.6) is 0 Å². The van der Waals surface area contributed by atoms with Crippen molar-refractivity contribution in [2.45, 2.75) is 43.6 Å². The molecule has 16 heavy (non-hydrogen) atoms. The van der Waals surface area contributed by atoms with Crippen LogP contribution in [0.2, 0.25) is 0 Å². The molecular weight excluding hydrogens is 286 g/mol. The molecule has 88 valence electrons. The topological polar surface area (TPSA) is 12.0 Å². The van der Waals surface area contributed by atoms with Crippen LogP contribution in [-0.4, -0.2) is 11.4 Å². The third kappa shape index (κ3) is 3.76. The van der Waals surface area contributed by atoms with E-state index in [1.807, 2.05) is 0 Å². The molecule has 2 rings (SSSR count). The monoisotopic (exact) mass is 301 g/mol. The Morgan fingerprint density at radius 2 is 2.00 bits per heavy atom. The smallest absolute Gasteiger partial charge is 0.0337 e. The highest BCUT2D eigenvalue weighted by Gasteiger charge is 2.18. The summed E-state index contributed by atoms with van der Waals surface area (Å²) in [5, 5.41) is 4.01. The third-order valence-electron chi connectivity index (χ3n) is 3.14. The number of hydrogen-bond acceptors (Lipinski definition) is 1. The summed E-state index contributed by atoms with van der Waals surface area (Å²) in [4.78, 5) is 0. The van der Waals surface area contributed by atoms with Crippen molar-refractivity contribution in [3.63, 3.8) is 0 Å². The zero-order chi connectivity index (χ0) is 11.4. The Kier molecular flexibility index (Phi) is 4.68. The lowest BCUT2D eigenvalue weighted by molar-refractivity contribution is 0.376. The fourth-order valence-electron chi connectivity index (χ4n) is 2.17. The highest BCUT2D eigenvalue weighted by atomic mass is 79.9. The highest BCUT2D eigenvalue weighted by molar-refractivity contribution is 9.10. The van der Waals surface area contributed by atoms with Crippen LogP contribution in [0.15, 0.2) is 28.7 Å². The SMILES string of the molecule is ClC1CCC(NCc2cccc(Br)c2)CC1. The van der Waals surface area contributed by atoms with E-state index in [2.05, 4.69) is 45.5 Å². The van der Waals surface area contributed by atoms with Crippen LogP contribution in [0.4, 0.5) is 0 Å². The van der Waals surface area contributed by atoms with Gasteiger partial charge in [-0.1, -0.05) is 28.1 Å². The zero-order valence-electron chi connectivity index (χ0n) is 9.26. The Hall–Kier alpha value is -0.0500. The van der Waals surface area contributed by atoms with Crippen LogP contribution < -0.4 is 5.32 Å². The number of hydrogen-bond donors (Lipinski definition) is 1. The Morgan fingerprint density at radius 1 is 1.25 bits per heavy atom. The van der Waals surface area contributed by atoms with E-state index in [0.29, 0.717) is 11.4 Å². The molecule has 0 unspecified atom stereocenters. The molecular formula is C13H17BrClN. The van der Waals surface area contributed by atoms with E-state index >= 15 is 0 Å². The lowest BCUT2D eigenvalue weighted by Gasteiger charge is -2.26. The Balaban J connectivity index is 1.79. The molecule has 1 N–H and O–H groups in total. The van der Waals surface area contributed by atoms with Crippen molar-refractivity contribution in [2.75, 3.05) is 0 Å². The molecule has 3 heteroatoms. The van der Waals surface area contributed by atoms with Gasteiger partial charge in [-0.3, -0.25) is 0 Å². The van der Waals surface area contributed by atoms with Gasteiger partial charge in [0, 0.05) is 22.4 Å². The number of nitrogens with one attached hydrogen (secondary N) is 1. The van der Waals surface area contributed by atoms with E-state index in [1.165, 1.54) is 18.4 Å². The normalized spacial score (nSPS) is 25.6. The molecule has 0 atom stereocenters. The van der Waals surface area contributed by atoms with Crippen LogP contribution in [0.3, 0.4) is 0 Å². The summed E-state index contributed by atoms with van der Waals surface area (Å²) in [6.07, 6.45) is 4.72. The zero-order valence-corrected chi connectivity index (χ0v) is 11.6. The minimum Gasteiger partial charge on any atom is -0.310 e. The van der Waals surface area contributed by atoms with Gasteiger partial charge in [0.05, 0.1) is 0 Å². The predicted octanol–water partition coefficient (Wildman–Crippen LogP) is 4.09. The van der Waals surface area contributed by atoms with Crippen LogP contribution in [0.25, 0.3) is 0 Å². The number of halogens is 2. The van der Waals surface area contributed by atoms with Crippen LogP contribution >= 0.6 is 27.5 Å². The number of benzene rings is 1. The fourth-order valence-corrected chi connectivity index (χ4v) is 2.86. The van der Waals surface area contributed by atoms with Gasteiger partial charge in [-0.15, -0.1) is 11.6 Å². The molecule has 0 radical (unpaired) electrons. The van der Waals surface area contributed by atoms with E-state index in [1.54, 1.807) is 0 Å². The minimum atomic E-state index is 0.406. The molecule has 0 saturated heterocycles. The van der Waals surface area contributed by atoms with Crippen molar-refractivity contribution in [2.24, 2.45) is 0 Å². The quantitative estimate of drug-likeness (QED) is 0.829. The summed E-state index contributed by atoms with van der Waals surface area (Å²) < 4.78 is 1.15. The molecule has 0 spiro atoms. The summed E-state index contributed by atoms with van der Waals surface area (Å²) >= 11 is 9.58. The van der Waals surface area contributed by atoms with Gasteiger partial charge in [0.25, 0.3) is 0 Å². The van der Waals surface area contributed by atoms with E-state index in [-0.39, 0.29) is 0 Å². The van der Waals surface area contributed by atoms with Gasteiger partial charge in [-0.25, -0.2) is 0 Å². The van der Waals surface area contributed by atoms with Crippen LogP contribution in [0.1, 0.15) is 31.2 Å². The average Bonchev–Trinajstić information content (AvgIpc) is 2.28. The van der Waals surface area contributed by atoms with Gasteiger partial charge in [-0.05, 0) is 43.4 Å². The molecule has 0 aliphatic heterocycles. The van der Waals surface area contributed by atoms with E-state index < -0.39 is 0 Å². The molecule has 0 bridgehead atoms. The van der Waals surface area contributed by atoms with Crippen molar-refractivity contribution < 1.29 is 0 Å². The summed E-state index contributed by atoms with van der Waals surface area (Å²) in [5.41, 5.74) is 1.34. The lowest BCUT2D eigenvalue weighted by Crippen LogP contribution is -2.32. The molecule has 1 saturated carbocycles. The summed E-state index contributed by atoms with van der Waals surface area (Å²) in [5.74, 6) is 0. The molecule has 1 aliphatic carbocycles. The molecule has 0 amide bonds. The Labute approximate surface area is 111 Å². The second-order valence-electron chi connectivity index (χ2n) is 4.46. The number of rotatable bonds is 3.